The van der Waals surface area contributed by atoms with Crippen LogP contribution in [0.5, 0.6) is 0 Å². The Balaban J connectivity index is 4.28. The monoisotopic (exact) mass is 506 g/mol. The molecule has 1 aliphatic heterocycles. The van der Waals surface area contributed by atoms with Crippen molar-refractivity contribution in [1.29, 1.82) is 0 Å². The third kappa shape index (κ3) is 4.34. The molecule has 1 saturated heterocycles. The summed E-state index contributed by atoms with van der Waals surface area (Å²) in [5.74, 6) is 0. The Morgan fingerprint density at radius 2 is 0.800 bits per heavy atom. The fourth-order valence-corrected chi connectivity index (χ4v) is 95.1. The molecule has 0 spiro atoms. The normalized spacial score (nSPS) is 23.1. The molecule has 2 nitrogen and oxygen atoms in total. The molecule has 0 radical (unpaired) electrons. The van der Waals surface area contributed by atoms with Crippen LogP contribution in [0.15, 0.2) is 0 Å². The molecule has 0 aromatic carbocycles. The predicted octanol–water partition coefficient (Wildman–Crippen LogP) is 9.92. The van der Waals surface area contributed by atoms with Crippen LogP contribution in [0, 0.1) is 0 Å². The Bertz CT molecular complexity index is 536. The van der Waals surface area contributed by atoms with E-state index in [1.54, 1.807) is 0 Å². The Morgan fingerprint density at radius 1 is 0.567 bits per heavy atom. The maximum absolute atomic E-state index is 7.96. The first-order chi connectivity index (χ1) is 13.1. The minimum atomic E-state index is -2.57. The summed E-state index contributed by atoms with van der Waals surface area (Å²) in [5, 5.41) is 0.104. The lowest BCUT2D eigenvalue weighted by molar-refractivity contribution is 0.274. The Labute approximate surface area is 195 Å². The lowest BCUT2D eigenvalue weighted by atomic mass is 10.2. The van der Waals surface area contributed by atoms with Gasteiger partial charge < -0.3 is 8.23 Å². The highest BCUT2D eigenvalue weighted by molar-refractivity contribution is 8.37. The Kier molecular flexibility index (Phi) is 8.56. The molecule has 0 aliphatic carbocycles. The molecular formula is C23H55O2PSi4. The van der Waals surface area contributed by atoms with Crippen LogP contribution in [0.4, 0.5) is 0 Å². The summed E-state index contributed by atoms with van der Waals surface area (Å²) in [4.78, 5) is 0. The molecule has 0 unspecified atom stereocenters. The minimum absolute atomic E-state index is 0.0518. The molecule has 1 rings (SSSR count). The zero-order chi connectivity index (χ0) is 24.3. The van der Waals surface area contributed by atoms with Gasteiger partial charge in [-0.15, -0.1) is 0 Å². The lowest BCUT2D eigenvalue weighted by Crippen LogP contribution is -2.76. The van der Waals surface area contributed by atoms with E-state index < -0.39 is 32.3 Å². The highest BCUT2D eigenvalue weighted by atomic mass is 31.8. The third-order valence-electron chi connectivity index (χ3n) is 7.27. The standard InChI is InChI=1S/C23H55O2PSi4/c1-18(2)28(19(3)4)24-30(22(9,10)11,23(12,13)14)25-29(20(5)6,21(7)8)26(28)27(15,16)17/h18-21H,1-17H3. The second-order valence-corrected chi connectivity index (χ2v) is 48.7. The van der Waals surface area contributed by atoms with Crippen molar-refractivity contribution in [2.24, 2.45) is 0 Å². The van der Waals surface area contributed by atoms with Crippen LogP contribution in [0.25, 0.3) is 0 Å². The van der Waals surface area contributed by atoms with E-state index in [1.165, 1.54) is 0 Å². The van der Waals surface area contributed by atoms with Gasteiger partial charge in [-0.25, -0.2) is 0 Å². The van der Waals surface area contributed by atoms with E-state index in [1.807, 2.05) is 0 Å². The fourth-order valence-electron chi connectivity index (χ4n) is 6.47. The van der Waals surface area contributed by atoms with Crippen molar-refractivity contribution in [3.05, 3.63) is 0 Å². The van der Waals surface area contributed by atoms with E-state index in [-0.39, 0.29) is 16.6 Å². The smallest absolute Gasteiger partial charge is 0.329 e. The van der Waals surface area contributed by atoms with Gasteiger partial charge in [0.1, 0.15) is 0 Å². The first-order valence-electron chi connectivity index (χ1n) is 12.3. The van der Waals surface area contributed by atoms with E-state index in [0.29, 0.717) is 22.2 Å². The largest absolute Gasteiger partial charge is 0.432 e. The van der Waals surface area contributed by atoms with E-state index in [4.69, 9.17) is 8.23 Å². The van der Waals surface area contributed by atoms with Crippen LogP contribution in [-0.2, 0) is 8.23 Å². The SMILES string of the molecule is CC(C)[Si]1(C(C)C)O[Si](C(C)(C)C)(C(C)(C)C)O[Si](C(C)C)(C(C)C)P1[Si](C)(C)C. The summed E-state index contributed by atoms with van der Waals surface area (Å²) in [6.45, 7) is 42.4. The maximum Gasteiger partial charge on any atom is 0.329 e. The second kappa shape index (κ2) is 8.78. The van der Waals surface area contributed by atoms with E-state index in [9.17, 15) is 0 Å². The second-order valence-electron chi connectivity index (χ2n) is 13.9. The highest BCUT2D eigenvalue weighted by Gasteiger charge is 2.76. The molecule has 1 fully saturated rings. The first kappa shape index (κ1) is 29.2. The molecule has 0 saturated carbocycles. The van der Waals surface area contributed by atoms with Crippen LogP contribution in [0.3, 0.4) is 0 Å². The fraction of sp³-hybridized carbons (Fsp3) is 1.00. The van der Waals surface area contributed by atoms with Crippen molar-refractivity contribution in [2.75, 3.05) is 0 Å². The molecule has 0 amide bonds. The van der Waals surface area contributed by atoms with Crippen molar-refractivity contribution in [2.45, 2.75) is 149 Å². The summed E-state index contributed by atoms with van der Waals surface area (Å²) >= 11 is 0. The predicted molar refractivity (Wildman–Crippen MR) is 150 cm³/mol. The quantitative estimate of drug-likeness (QED) is 0.273. The summed E-state index contributed by atoms with van der Waals surface area (Å²) in [6.07, 6.45) is 0. The summed E-state index contributed by atoms with van der Waals surface area (Å²) in [6, 6.07) is 0. The van der Waals surface area contributed by atoms with Crippen molar-refractivity contribution < 1.29 is 8.23 Å². The molecule has 1 heterocycles. The zero-order valence-electron chi connectivity index (χ0n) is 23.6. The molecule has 0 N–H and O–H groups in total. The molecular weight excluding hydrogens is 452 g/mol. The minimum Gasteiger partial charge on any atom is -0.432 e. The third-order valence-corrected chi connectivity index (χ3v) is 66.2. The number of hydrogen-bond acceptors (Lipinski definition) is 2. The molecule has 0 aromatic rings. The zero-order valence-corrected chi connectivity index (χ0v) is 28.5. The maximum atomic E-state index is 7.96. The highest BCUT2D eigenvalue weighted by Crippen LogP contribution is 2.78. The van der Waals surface area contributed by atoms with Gasteiger partial charge >= 0.3 is 8.56 Å². The molecule has 0 bridgehead atoms. The van der Waals surface area contributed by atoms with Crippen molar-refractivity contribution >= 4 is 38.8 Å². The van der Waals surface area contributed by atoms with Crippen molar-refractivity contribution in [1.82, 2.24) is 0 Å². The van der Waals surface area contributed by atoms with Crippen LogP contribution in [0.2, 0.25) is 51.9 Å². The molecule has 30 heavy (non-hydrogen) atoms. The van der Waals surface area contributed by atoms with Crippen molar-refractivity contribution in [3.63, 3.8) is 0 Å². The topological polar surface area (TPSA) is 18.5 Å². The Morgan fingerprint density at radius 3 is 0.933 bits per heavy atom. The van der Waals surface area contributed by atoms with E-state index >= 15 is 0 Å². The summed E-state index contributed by atoms with van der Waals surface area (Å²) < 4.78 is 15.9. The Hall–Kier alpha value is 1.22. The molecule has 0 aromatic heterocycles. The molecule has 7 heteroatoms. The number of rotatable bonds is 5. The van der Waals surface area contributed by atoms with Gasteiger partial charge in [0.2, 0.25) is 16.0 Å². The van der Waals surface area contributed by atoms with E-state index in [2.05, 4.69) is 117 Å². The van der Waals surface area contributed by atoms with Crippen LogP contribution >= 0.6 is 6.57 Å². The number of hydrogen-bond donors (Lipinski definition) is 0. The van der Waals surface area contributed by atoms with Gasteiger partial charge in [0.15, 0.2) is 0 Å². The van der Waals surface area contributed by atoms with Gasteiger partial charge in [0.25, 0.3) is 0 Å². The summed E-state index contributed by atoms with van der Waals surface area (Å²) in [5.41, 5.74) is 2.56. The average Bonchev–Trinajstić information content (AvgIpc) is 2.49. The van der Waals surface area contributed by atoms with Gasteiger partial charge in [-0.3, -0.25) is 0 Å². The van der Waals surface area contributed by atoms with Crippen LogP contribution in [-0.4, -0.2) is 32.3 Å². The van der Waals surface area contributed by atoms with Crippen molar-refractivity contribution in [3.8, 4) is 0 Å². The first-order valence-corrected chi connectivity index (χ1v) is 25.6. The molecule has 0 atom stereocenters. The van der Waals surface area contributed by atoms with Gasteiger partial charge in [-0.05, 0) is 22.2 Å². The van der Waals surface area contributed by atoms with Gasteiger partial charge in [-0.2, -0.15) is 0 Å². The van der Waals surface area contributed by atoms with Crippen LogP contribution < -0.4 is 0 Å². The van der Waals surface area contributed by atoms with Crippen LogP contribution in [0.1, 0.15) is 96.9 Å². The van der Waals surface area contributed by atoms with Gasteiger partial charge in [0.05, 0.1) is 7.74 Å². The lowest BCUT2D eigenvalue weighted by Gasteiger charge is -2.70. The molecule has 1 aliphatic rings. The molecule has 180 valence electrons. The average molecular weight is 507 g/mol. The van der Waals surface area contributed by atoms with E-state index in [0.717, 1.165) is 0 Å². The van der Waals surface area contributed by atoms with Gasteiger partial charge in [0, 0.05) is 10.1 Å². The van der Waals surface area contributed by atoms with Gasteiger partial charge in [-0.1, -0.05) is 123 Å². The summed E-state index contributed by atoms with van der Waals surface area (Å²) in [7, 11) is -8.25.